The van der Waals surface area contributed by atoms with E-state index in [0.717, 1.165) is 5.56 Å². The van der Waals surface area contributed by atoms with Crippen molar-refractivity contribution in [2.45, 2.75) is 25.9 Å². The zero-order valence-electron chi connectivity index (χ0n) is 7.64. The highest BCUT2D eigenvalue weighted by molar-refractivity contribution is 5.01. The predicted octanol–water partition coefficient (Wildman–Crippen LogP) is 0.0708. The third-order valence-corrected chi connectivity index (χ3v) is 1.75. The van der Waals surface area contributed by atoms with Crippen LogP contribution in [0.2, 0.25) is 0 Å². The Hall–Kier alpha value is -1.00. The Kier molecular flexibility index (Phi) is 3.79. The van der Waals surface area contributed by atoms with Gasteiger partial charge in [-0.1, -0.05) is 0 Å². The molecule has 2 N–H and O–H groups in total. The van der Waals surface area contributed by atoms with E-state index in [1.807, 2.05) is 6.92 Å². The Labute approximate surface area is 77.3 Å². The van der Waals surface area contributed by atoms with Crippen molar-refractivity contribution in [3.05, 3.63) is 23.8 Å². The molecule has 1 aromatic rings. The number of rotatable bonds is 4. The van der Waals surface area contributed by atoms with E-state index in [4.69, 9.17) is 10.2 Å². The smallest absolute Gasteiger partial charge is 0.128 e. The fourth-order valence-electron chi connectivity index (χ4n) is 0.935. The molecule has 4 nitrogen and oxygen atoms in total. The molecule has 13 heavy (non-hydrogen) atoms. The predicted molar refractivity (Wildman–Crippen MR) is 48.2 cm³/mol. The maximum Gasteiger partial charge on any atom is 0.128 e. The summed E-state index contributed by atoms with van der Waals surface area (Å²) in [6.07, 6.45) is 3.92. The van der Waals surface area contributed by atoms with Gasteiger partial charge in [0.15, 0.2) is 0 Å². The van der Waals surface area contributed by atoms with Crippen LogP contribution in [-0.4, -0.2) is 32.9 Å². The van der Waals surface area contributed by atoms with Crippen molar-refractivity contribution in [1.82, 2.24) is 9.97 Å². The number of aliphatic hydroxyl groups is 2. The van der Waals surface area contributed by atoms with Gasteiger partial charge in [0.25, 0.3) is 0 Å². The van der Waals surface area contributed by atoms with Crippen LogP contribution in [0, 0.1) is 6.92 Å². The number of aromatic nitrogens is 2. The first-order valence-corrected chi connectivity index (χ1v) is 4.29. The van der Waals surface area contributed by atoms with Gasteiger partial charge in [-0.05, 0) is 18.9 Å². The first-order valence-electron chi connectivity index (χ1n) is 4.29. The molecule has 0 saturated heterocycles. The van der Waals surface area contributed by atoms with Gasteiger partial charge in [-0.2, -0.15) is 0 Å². The maximum atomic E-state index is 9.07. The van der Waals surface area contributed by atoms with Gasteiger partial charge in [-0.15, -0.1) is 0 Å². The summed E-state index contributed by atoms with van der Waals surface area (Å²) in [4.78, 5) is 8.16. The van der Waals surface area contributed by atoms with Gasteiger partial charge in [0.2, 0.25) is 0 Å². The van der Waals surface area contributed by atoms with Crippen LogP contribution in [0.15, 0.2) is 12.4 Å². The molecule has 0 bridgehead atoms. The molecule has 0 aliphatic rings. The van der Waals surface area contributed by atoms with E-state index in [2.05, 4.69) is 9.97 Å². The molecule has 1 aromatic heterocycles. The van der Waals surface area contributed by atoms with Gasteiger partial charge in [0, 0.05) is 18.8 Å². The zero-order chi connectivity index (χ0) is 9.68. The van der Waals surface area contributed by atoms with Crippen LogP contribution in [0.5, 0.6) is 0 Å². The van der Waals surface area contributed by atoms with Crippen molar-refractivity contribution in [3.63, 3.8) is 0 Å². The topological polar surface area (TPSA) is 66.2 Å². The zero-order valence-corrected chi connectivity index (χ0v) is 7.64. The van der Waals surface area contributed by atoms with Crippen LogP contribution >= 0.6 is 0 Å². The Morgan fingerprint density at radius 1 is 1.38 bits per heavy atom. The third-order valence-electron chi connectivity index (χ3n) is 1.75. The van der Waals surface area contributed by atoms with Gasteiger partial charge in [-0.25, -0.2) is 9.97 Å². The van der Waals surface area contributed by atoms with Crippen LogP contribution in [0.4, 0.5) is 0 Å². The Morgan fingerprint density at radius 3 is 2.54 bits per heavy atom. The monoisotopic (exact) mass is 182 g/mol. The summed E-state index contributed by atoms with van der Waals surface area (Å²) in [5, 5.41) is 17.6. The summed E-state index contributed by atoms with van der Waals surface area (Å²) in [6, 6.07) is 0. The van der Waals surface area contributed by atoms with E-state index in [0.29, 0.717) is 18.7 Å². The molecule has 0 aliphatic heterocycles. The SMILES string of the molecule is Cc1cnc(CCC(O)CO)nc1. The highest BCUT2D eigenvalue weighted by Gasteiger charge is 2.03. The van der Waals surface area contributed by atoms with Gasteiger partial charge in [-0.3, -0.25) is 0 Å². The molecule has 4 heteroatoms. The molecule has 0 radical (unpaired) electrons. The standard InChI is InChI=1S/C9H14N2O2/c1-7-4-10-9(11-5-7)3-2-8(13)6-12/h4-5,8,12-13H,2-3,6H2,1H3. The lowest BCUT2D eigenvalue weighted by Crippen LogP contribution is -2.13. The Morgan fingerprint density at radius 2 is 2.00 bits per heavy atom. The average Bonchev–Trinajstić information content (AvgIpc) is 2.16. The van der Waals surface area contributed by atoms with Crippen molar-refractivity contribution in [2.24, 2.45) is 0 Å². The van der Waals surface area contributed by atoms with Gasteiger partial charge < -0.3 is 10.2 Å². The van der Waals surface area contributed by atoms with Crippen molar-refractivity contribution >= 4 is 0 Å². The molecule has 0 spiro atoms. The van der Waals surface area contributed by atoms with E-state index >= 15 is 0 Å². The molecule has 0 fully saturated rings. The molecular formula is C9H14N2O2. The minimum Gasteiger partial charge on any atom is -0.394 e. The highest BCUT2D eigenvalue weighted by atomic mass is 16.3. The van der Waals surface area contributed by atoms with Crippen LogP contribution in [0.1, 0.15) is 17.8 Å². The lowest BCUT2D eigenvalue weighted by molar-refractivity contribution is 0.0881. The first kappa shape index (κ1) is 10.1. The molecule has 0 amide bonds. The average molecular weight is 182 g/mol. The summed E-state index contributed by atoms with van der Waals surface area (Å²) in [5.41, 5.74) is 1.02. The van der Waals surface area contributed by atoms with Crippen molar-refractivity contribution in [2.75, 3.05) is 6.61 Å². The molecule has 0 saturated carbocycles. The molecule has 72 valence electrons. The fourth-order valence-corrected chi connectivity index (χ4v) is 0.935. The molecule has 1 heterocycles. The van der Waals surface area contributed by atoms with Crippen LogP contribution in [0.25, 0.3) is 0 Å². The van der Waals surface area contributed by atoms with Gasteiger partial charge >= 0.3 is 0 Å². The number of nitrogens with zero attached hydrogens (tertiary/aromatic N) is 2. The lowest BCUT2D eigenvalue weighted by Gasteiger charge is -2.05. The second kappa shape index (κ2) is 4.89. The van der Waals surface area contributed by atoms with Crippen LogP contribution in [0.3, 0.4) is 0 Å². The molecule has 1 atom stereocenters. The minimum atomic E-state index is -0.662. The number of aliphatic hydroxyl groups excluding tert-OH is 2. The summed E-state index contributed by atoms with van der Waals surface area (Å²) in [6.45, 7) is 1.72. The van der Waals surface area contributed by atoms with E-state index in [1.54, 1.807) is 12.4 Å². The molecular weight excluding hydrogens is 168 g/mol. The normalized spacial score (nSPS) is 12.8. The number of aryl methyl sites for hydroxylation is 2. The van der Waals surface area contributed by atoms with E-state index in [-0.39, 0.29) is 6.61 Å². The second-order valence-corrected chi connectivity index (χ2v) is 3.05. The number of hydrogen-bond acceptors (Lipinski definition) is 4. The van der Waals surface area contributed by atoms with Crippen molar-refractivity contribution in [1.29, 1.82) is 0 Å². The largest absolute Gasteiger partial charge is 0.394 e. The highest BCUT2D eigenvalue weighted by Crippen LogP contribution is 2.00. The van der Waals surface area contributed by atoms with E-state index < -0.39 is 6.10 Å². The molecule has 1 rings (SSSR count). The quantitative estimate of drug-likeness (QED) is 0.691. The van der Waals surface area contributed by atoms with Crippen LogP contribution < -0.4 is 0 Å². The second-order valence-electron chi connectivity index (χ2n) is 3.05. The lowest BCUT2D eigenvalue weighted by atomic mass is 10.2. The summed E-state index contributed by atoms with van der Waals surface area (Å²) in [7, 11) is 0. The fraction of sp³-hybridized carbons (Fsp3) is 0.556. The molecule has 0 aliphatic carbocycles. The number of hydrogen-bond donors (Lipinski definition) is 2. The molecule has 1 unspecified atom stereocenters. The Balaban J connectivity index is 2.41. The van der Waals surface area contributed by atoms with Crippen molar-refractivity contribution < 1.29 is 10.2 Å². The Bertz CT molecular complexity index is 248. The summed E-state index contributed by atoms with van der Waals surface area (Å²) >= 11 is 0. The summed E-state index contributed by atoms with van der Waals surface area (Å²) in [5.74, 6) is 0.707. The third kappa shape index (κ3) is 3.48. The summed E-state index contributed by atoms with van der Waals surface area (Å²) < 4.78 is 0. The van der Waals surface area contributed by atoms with Crippen LogP contribution in [-0.2, 0) is 6.42 Å². The first-order chi connectivity index (χ1) is 6.22. The van der Waals surface area contributed by atoms with E-state index in [1.165, 1.54) is 0 Å². The van der Waals surface area contributed by atoms with Gasteiger partial charge in [0.1, 0.15) is 5.82 Å². The maximum absolute atomic E-state index is 9.07. The van der Waals surface area contributed by atoms with Gasteiger partial charge in [0.05, 0.1) is 12.7 Å². The molecule has 0 aromatic carbocycles. The van der Waals surface area contributed by atoms with E-state index in [9.17, 15) is 0 Å². The van der Waals surface area contributed by atoms with Crippen molar-refractivity contribution in [3.8, 4) is 0 Å². The minimum absolute atomic E-state index is 0.203.